The molecule has 0 aliphatic carbocycles. The lowest BCUT2D eigenvalue weighted by Crippen LogP contribution is -2.26. The molecular weight excluding hydrogens is 330 g/mol. The van der Waals surface area contributed by atoms with E-state index in [-0.39, 0.29) is 10.7 Å². The number of carbonyl (C=O) groups excluding carboxylic acids is 1. The Morgan fingerprint density at radius 2 is 1.83 bits per heavy atom. The average molecular weight is 349 g/mol. The maximum absolute atomic E-state index is 12.2. The number of hydrogen-bond donors (Lipinski definition) is 1. The summed E-state index contributed by atoms with van der Waals surface area (Å²) in [6, 6.07) is 14.2. The Morgan fingerprint density at radius 3 is 2.48 bits per heavy atom. The first-order valence-electron chi connectivity index (χ1n) is 7.18. The minimum absolute atomic E-state index is 0.116. The molecular formula is C17H19NO3S2. The van der Waals surface area contributed by atoms with Gasteiger partial charge in [-0.25, -0.2) is 13.1 Å². The van der Waals surface area contributed by atoms with Gasteiger partial charge in [-0.1, -0.05) is 29.8 Å². The topological polar surface area (TPSA) is 63.2 Å². The Hall–Kier alpha value is -1.63. The van der Waals surface area contributed by atoms with E-state index in [0.717, 1.165) is 4.90 Å². The van der Waals surface area contributed by atoms with Crippen molar-refractivity contribution in [2.45, 2.75) is 23.6 Å². The van der Waals surface area contributed by atoms with E-state index >= 15 is 0 Å². The summed E-state index contributed by atoms with van der Waals surface area (Å²) in [5.41, 5.74) is 1.59. The fourth-order valence-corrected chi connectivity index (χ4v) is 3.92. The highest BCUT2D eigenvalue weighted by molar-refractivity contribution is 7.99. The summed E-state index contributed by atoms with van der Waals surface area (Å²) < 4.78 is 27.0. The van der Waals surface area contributed by atoms with E-state index in [4.69, 9.17) is 0 Å². The van der Waals surface area contributed by atoms with Crippen LogP contribution in [0.3, 0.4) is 0 Å². The van der Waals surface area contributed by atoms with Crippen molar-refractivity contribution in [2.24, 2.45) is 0 Å². The molecule has 0 unspecified atom stereocenters. The van der Waals surface area contributed by atoms with E-state index in [2.05, 4.69) is 4.72 Å². The Bertz CT molecular complexity index is 784. The second-order valence-electron chi connectivity index (χ2n) is 5.14. The molecule has 0 amide bonds. The average Bonchev–Trinajstić information content (AvgIpc) is 2.53. The second kappa shape index (κ2) is 7.77. The van der Waals surface area contributed by atoms with Crippen molar-refractivity contribution in [3.8, 4) is 0 Å². The number of thioether (sulfide) groups is 1. The lowest BCUT2D eigenvalue weighted by Gasteiger charge is -2.08. The van der Waals surface area contributed by atoms with E-state index in [1.54, 1.807) is 23.9 Å². The Kier molecular flexibility index (Phi) is 5.98. The summed E-state index contributed by atoms with van der Waals surface area (Å²) in [4.78, 5) is 12.6. The van der Waals surface area contributed by atoms with Crippen LogP contribution in [0.2, 0.25) is 0 Å². The zero-order chi connectivity index (χ0) is 16.9. The lowest BCUT2D eigenvalue weighted by molar-refractivity contribution is 0.101. The minimum Gasteiger partial charge on any atom is -0.295 e. The van der Waals surface area contributed by atoms with Gasteiger partial charge in [-0.2, -0.15) is 0 Å². The lowest BCUT2D eigenvalue weighted by atomic mass is 10.2. The molecule has 122 valence electrons. The summed E-state index contributed by atoms with van der Waals surface area (Å²) in [6.45, 7) is 3.76. The van der Waals surface area contributed by atoms with Gasteiger partial charge in [0, 0.05) is 22.8 Å². The second-order valence-corrected chi connectivity index (χ2v) is 8.08. The number of carbonyl (C=O) groups is 1. The third-order valence-corrected chi connectivity index (χ3v) is 5.71. The third-order valence-electron chi connectivity index (χ3n) is 3.23. The van der Waals surface area contributed by atoms with Crippen LogP contribution >= 0.6 is 11.8 Å². The van der Waals surface area contributed by atoms with Crippen LogP contribution < -0.4 is 4.72 Å². The van der Waals surface area contributed by atoms with Gasteiger partial charge < -0.3 is 0 Å². The minimum atomic E-state index is -3.59. The predicted molar refractivity (Wildman–Crippen MR) is 93.5 cm³/mol. The quantitative estimate of drug-likeness (QED) is 0.473. The summed E-state index contributed by atoms with van der Waals surface area (Å²) in [5.74, 6) is 0.478. The molecule has 0 heterocycles. The normalized spacial score (nSPS) is 11.4. The first kappa shape index (κ1) is 17.7. The summed E-state index contributed by atoms with van der Waals surface area (Å²) in [5, 5.41) is 0. The largest absolute Gasteiger partial charge is 0.295 e. The smallest absolute Gasteiger partial charge is 0.240 e. The summed E-state index contributed by atoms with van der Waals surface area (Å²) in [7, 11) is -3.59. The van der Waals surface area contributed by atoms with Gasteiger partial charge in [0.1, 0.15) is 0 Å². The molecule has 1 N–H and O–H groups in total. The van der Waals surface area contributed by atoms with E-state index in [1.165, 1.54) is 24.6 Å². The third kappa shape index (κ3) is 5.20. The van der Waals surface area contributed by atoms with Gasteiger partial charge in [0.2, 0.25) is 10.0 Å². The van der Waals surface area contributed by atoms with Crippen LogP contribution in [-0.4, -0.2) is 26.5 Å². The molecule has 4 nitrogen and oxygen atoms in total. The van der Waals surface area contributed by atoms with Crippen molar-refractivity contribution in [3.05, 3.63) is 59.7 Å². The Balaban J connectivity index is 1.92. The van der Waals surface area contributed by atoms with Crippen LogP contribution in [0.25, 0.3) is 0 Å². The number of rotatable bonds is 7. The van der Waals surface area contributed by atoms with Gasteiger partial charge in [0.05, 0.1) is 4.90 Å². The molecule has 2 aromatic carbocycles. The predicted octanol–water partition coefficient (Wildman–Crippen LogP) is 3.27. The monoisotopic (exact) mass is 349 g/mol. The number of nitrogens with one attached hydrogen (secondary N) is 1. The van der Waals surface area contributed by atoms with Crippen LogP contribution in [-0.2, 0) is 10.0 Å². The van der Waals surface area contributed by atoms with Gasteiger partial charge in [0.25, 0.3) is 0 Å². The molecule has 2 rings (SSSR count). The molecule has 0 aliphatic rings. The van der Waals surface area contributed by atoms with Crippen LogP contribution in [0.5, 0.6) is 0 Å². The van der Waals surface area contributed by atoms with Crippen LogP contribution in [0.15, 0.2) is 58.3 Å². The molecule has 0 atom stereocenters. The number of ketones is 1. The van der Waals surface area contributed by atoms with Crippen LogP contribution in [0.1, 0.15) is 22.8 Å². The zero-order valence-corrected chi connectivity index (χ0v) is 14.7. The van der Waals surface area contributed by atoms with Gasteiger partial charge in [0.15, 0.2) is 5.78 Å². The molecule has 0 aliphatic heterocycles. The Labute approximate surface area is 141 Å². The standard InChI is InChI=1S/C17H19NO3S2/c1-13-6-8-16(9-7-13)22-11-10-18-23(20,21)17-5-3-4-15(12-17)14(2)19/h3-9,12,18H,10-11H2,1-2H3. The highest BCUT2D eigenvalue weighted by Gasteiger charge is 2.14. The van der Waals surface area contributed by atoms with Crippen molar-refractivity contribution < 1.29 is 13.2 Å². The molecule has 0 bridgehead atoms. The van der Waals surface area contributed by atoms with Crippen molar-refractivity contribution in [1.29, 1.82) is 0 Å². The number of hydrogen-bond acceptors (Lipinski definition) is 4. The van der Waals surface area contributed by atoms with E-state index in [9.17, 15) is 13.2 Å². The van der Waals surface area contributed by atoms with Crippen LogP contribution in [0, 0.1) is 6.92 Å². The maximum atomic E-state index is 12.2. The Morgan fingerprint density at radius 1 is 1.13 bits per heavy atom. The summed E-state index contributed by atoms with van der Waals surface area (Å²) >= 11 is 1.59. The fraction of sp³-hybridized carbons (Fsp3) is 0.235. The zero-order valence-electron chi connectivity index (χ0n) is 13.1. The molecule has 0 aromatic heterocycles. The summed E-state index contributed by atoms with van der Waals surface area (Å²) in [6.07, 6.45) is 0. The molecule has 23 heavy (non-hydrogen) atoms. The van der Waals surface area contributed by atoms with Crippen molar-refractivity contribution in [1.82, 2.24) is 4.72 Å². The number of Topliss-reactive ketones (excluding diaryl/α,β-unsaturated/α-hetero) is 1. The van der Waals surface area contributed by atoms with Gasteiger partial charge in [-0.15, -0.1) is 11.8 Å². The van der Waals surface area contributed by atoms with Crippen LogP contribution in [0.4, 0.5) is 0 Å². The molecule has 2 aromatic rings. The first-order chi connectivity index (χ1) is 10.9. The fourth-order valence-electron chi connectivity index (χ4n) is 1.94. The SMILES string of the molecule is CC(=O)c1cccc(S(=O)(=O)NCCSc2ccc(C)cc2)c1. The van der Waals surface area contributed by atoms with Crippen molar-refractivity contribution in [3.63, 3.8) is 0 Å². The van der Waals surface area contributed by atoms with E-state index < -0.39 is 10.0 Å². The molecule has 6 heteroatoms. The number of benzene rings is 2. The highest BCUT2D eigenvalue weighted by atomic mass is 32.2. The highest BCUT2D eigenvalue weighted by Crippen LogP contribution is 2.18. The number of aryl methyl sites for hydroxylation is 1. The molecule has 0 saturated heterocycles. The van der Waals surface area contributed by atoms with Crippen molar-refractivity contribution in [2.75, 3.05) is 12.3 Å². The van der Waals surface area contributed by atoms with E-state index in [0.29, 0.717) is 17.9 Å². The van der Waals surface area contributed by atoms with Crippen molar-refractivity contribution >= 4 is 27.6 Å². The molecule has 0 spiro atoms. The maximum Gasteiger partial charge on any atom is 0.240 e. The van der Waals surface area contributed by atoms with Gasteiger partial charge in [-0.3, -0.25) is 4.79 Å². The van der Waals surface area contributed by atoms with Gasteiger partial charge in [-0.05, 0) is 38.1 Å². The van der Waals surface area contributed by atoms with Gasteiger partial charge >= 0.3 is 0 Å². The molecule has 0 fully saturated rings. The number of sulfonamides is 1. The molecule has 0 saturated carbocycles. The van der Waals surface area contributed by atoms with E-state index in [1.807, 2.05) is 31.2 Å². The molecule has 0 radical (unpaired) electrons. The first-order valence-corrected chi connectivity index (χ1v) is 9.65.